The Morgan fingerprint density at radius 2 is 1.89 bits per heavy atom. The van der Waals surface area contributed by atoms with Gasteiger partial charge in [0.25, 0.3) is 0 Å². The molecule has 2 rings (SSSR count). The van der Waals surface area contributed by atoms with Gasteiger partial charge in [-0.2, -0.15) is 0 Å². The van der Waals surface area contributed by atoms with Gasteiger partial charge in [-0.05, 0) is 29.7 Å². The Hall–Kier alpha value is -1.87. The van der Waals surface area contributed by atoms with Crippen LogP contribution in [-0.2, 0) is 6.54 Å². The molecule has 0 aliphatic carbocycles. The van der Waals surface area contributed by atoms with E-state index in [1.165, 1.54) is 5.56 Å². The molecule has 0 bridgehead atoms. The first-order chi connectivity index (χ1) is 8.70. The van der Waals surface area contributed by atoms with Crippen LogP contribution in [0.1, 0.15) is 30.9 Å². The van der Waals surface area contributed by atoms with Crippen molar-refractivity contribution in [3.05, 3.63) is 53.7 Å². The van der Waals surface area contributed by atoms with Gasteiger partial charge in [0.2, 0.25) is 0 Å². The summed E-state index contributed by atoms with van der Waals surface area (Å²) < 4.78 is 0. The van der Waals surface area contributed by atoms with Crippen LogP contribution in [0.4, 0.5) is 11.5 Å². The zero-order valence-electron chi connectivity index (χ0n) is 10.9. The van der Waals surface area contributed by atoms with Crippen molar-refractivity contribution in [2.24, 2.45) is 5.73 Å². The third-order valence-electron chi connectivity index (χ3n) is 2.95. The van der Waals surface area contributed by atoms with Crippen molar-refractivity contribution in [1.29, 1.82) is 0 Å². The lowest BCUT2D eigenvalue weighted by Crippen LogP contribution is -2.03. The summed E-state index contributed by atoms with van der Waals surface area (Å²) in [5.74, 6) is 1.38. The van der Waals surface area contributed by atoms with Crippen LogP contribution in [-0.4, -0.2) is 4.98 Å². The number of hydrogen-bond donors (Lipinski definition) is 2. The maximum atomic E-state index is 5.69. The summed E-state index contributed by atoms with van der Waals surface area (Å²) >= 11 is 0. The number of nitrogens with zero attached hydrogens (tertiary/aromatic N) is 1. The zero-order valence-corrected chi connectivity index (χ0v) is 10.9. The van der Waals surface area contributed by atoms with E-state index in [2.05, 4.69) is 48.4 Å². The summed E-state index contributed by atoms with van der Waals surface area (Å²) in [6.45, 7) is 4.86. The summed E-state index contributed by atoms with van der Waals surface area (Å²) in [5, 5.41) is 3.30. The minimum Gasteiger partial charge on any atom is -0.340 e. The Kier molecular flexibility index (Phi) is 3.95. The largest absolute Gasteiger partial charge is 0.340 e. The highest BCUT2D eigenvalue weighted by molar-refractivity contribution is 5.59. The molecule has 0 saturated heterocycles. The average molecular weight is 241 g/mol. The lowest BCUT2D eigenvalue weighted by Gasteiger charge is -2.11. The Morgan fingerprint density at radius 1 is 1.17 bits per heavy atom. The van der Waals surface area contributed by atoms with Crippen molar-refractivity contribution in [2.75, 3.05) is 5.32 Å². The highest BCUT2D eigenvalue weighted by atomic mass is 15.0. The zero-order chi connectivity index (χ0) is 13.0. The van der Waals surface area contributed by atoms with Gasteiger partial charge in [-0.15, -0.1) is 0 Å². The standard InChI is InChI=1S/C15H19N3/c1-11(2)12-5-7-14(8-6-12)18-15-13(10-16)4-3-9-17-15/h3-9,11H,10,16H2,1-2H3,(H,17,18). The van der Waals surface area contributed by atoms with Gasteiger partial charge in [0, 0.05) is 24.0 Å². The van der Waals surface area contributed by atoms with Crippen LogP contribution in [0, 0.1) is 0 Å². The highest BCUT2D eigenvalue weighted by Gasteiger charge is 2.03. The molecular formula is C15H19N3. The molecule has 18 heavy (non-hydrogen) atoms. The first kappa shape index (κ1) is 12.6. The summed E-state index contributed by atoms with van der Waals surface area (Å²) in [6, 6.07) is 12.3. The van der Waals surface area contributed by atoms with Crippen molar-refractivity contribution >= 4 is 11.5 Å². The van der Waals surface area contributed by atoms with Crippen LogP contribution in [0.2, 0.25) is 0 Å². The second kappa shape index (κ2) is 5.65. The predicted octanol–water partition coefficient (Wildman–Crippen LogP) is 3.41. The van der Waals surface area contributed by atoms with Gasteiger partial charge in [-0.3, -0.25) is 0 Å². The molecule has 1 aromatic heterocycles. The lowest BCUT2D eigenvalue weighted by atomic mass is 10.0. The number of rotatable bonds is 4. The summed E-state index contributed by atoms with van der Waals surface area (Å²) in [5.41, 5.74) is 9.08. The van der Waals surface area contributed by atoms with E-state index in [0.717, 1.165) is 17.1 Å². The minimum absolute atomic E-state index is 0.486. The molecular weight excluding hydrogens is 222 g/mol. The number of aromatic nitrogens is 1. The number of hydrogen-bond acceptors (Lipinski definition) is 3. The Morgan fingerprint density at radius 3 is 2.50 bits per heavy atom. The van der Waals surface area contributed by atoms with Crippen molar-refractivity contribution in [1.82, 2.24) is 4.98 Å². The first-order valence-corrected chi connectivity index (χ1v) is 6.21. The molecule has 94 valence electrons. The van der Waals surface area contributed by atoms with Gasteiger partial charge in [0.15, 0.2) is 0 Å². The van der Waals surface area contributed by atoms with Gasteiger partial charge in [0.05, 0.1) is 0 Å². The number of pyridine rings is 1. The fraction of sp³-hybridized carbons (Fsp3) is 0.267. The van der Waals surface area contributed by atoms with E-state index < -0.39 is 0 Å². The van der Waals surface area contributed by atoms with Crippen LogP contribution < -0.4 is 11.1 Å². The van der Waals surface area contributed by atoms with E-state index >= 15 is 0 Å². The third kappa shape index (κ3) is 2.87. The Balaban J connectivity index is 2.18. The van der Waals surface area contributed by atoms with E-state index in [1.807, 2.05) is 12.1 Å². The molecule has 0 unspecified atom stereocenters. The topological polar surface area (TPSA) is 50.9 Å². The van der Waals surface area contributed by atoms with Gasteiger partial charge < -0.3 is 11.1 Å². The normalized spacial score (nSPS) is 10.7. The molecule has 0 aliphatic heterocycles. The van der Waals surface area contributed by atoms with Gasteiger partial charge in [0.1, 0.15) is 5.82 Å². The maximum Gasteiger partial charge on any atom is 0.134 e. The van der Waals surface area contributed by atoms with Crippen LogP contribution in [0.15, 0.2) is 42.6 Å². The average Bonchev–Trinajstić information content (AvgIpc) is 2.40. The molecule has 0 saturated carbocycles. The van der Waals surface area contributed by atoms with Crippen molar-refractivity contribution < 1.29 is 0 Å². The maximum absolute atomic E-state index is 5.69. The fourth-order valence-electron chi connectivity index (χ4n) is 1.80. The van der Waals surface area contributed by atoms with Gasteiger partial charge in [-0.25, -0.2) is 4.98 Å². The van der Waals surface area contributed by atoms with E-state index in [4.69, 9.17) is 5.73 Å². The highest BCUT2D eigenvalue weighted by Crippen LogP contribution is 2.21. The second-order valence-electron chi connectivity index (χ2n) is 4.62. The van der Waals surface area contributed by atoms with E-state index in [-0.39, 0.29) is 0 Å². The SMILES string of the molecule is CC(C)c1ccc(Nc2ncccc2CN)cc1. The molecule has 0 atom stereocenters. The van der Waals surface area contributed by atoms with Crippen LogP contribution in [0.5, 0.6) is 0 Å². The smallest absolute Gasteiger partial charge is 0.134 e. The van der Waals surface area contributed by atoms with Crippen LogP contribution >= 0.6 is 0 Å². The summed E-state index contributed by atoms with van der Waals surface area (Å²) in [4.78, 5) is 4.31. The Bertz CT molecular complexity index is 503. The van der Waals surface area contributed by atoms with Crippen LogP contribution in [0.3, 0.4) is 0 Å². The lowest BCUT2D eigenvalue weighted by molar-refractivity contribution is 0.867. The summed E-state index contributed by atoms with van der Waals surface area (Å²) in [7, 11) is 0. The third-order valence-corrected chi connectivity index (χ3v) is 2.95. The first-order valence-electron chi connectivity index (χ1n) is 6.21. The molecule has 1 heterocycles. The molecule has 2 aromatic rings. The quantitative estimate of drug-likeness (QED) is 0.862. The molecule has 0 fully saturated rings. The Labute approximate surface area is 108 Å². The van der Waals surface area contributed by atoms with E-state index in [0.29, 0.717) is 12.5 Å². The number of nitrogens with one attached hydrogen (secondary N) is 1. The molecule has 1 aromatic carbocycles. The molecule has 0 amide bonds. The molecule has 0 aliphatic rings. The second-order valence-corrected chi connectivity index (χ2v) is 4.62. The molecule has 0 radical (unpaired) electrons. The van der Waals surface area contributed by atoms with Gasteiger partial charge in [-0.1, -0.05) is 32.0 Å². The summed E-state index contributed by atoms with van der Waals surface area (Å²) in [6.07, 6.45) is 1.77. The molecule has 3 nitrogen and oxygen atoms in total. The predicted molar refractivity (Wildman–Crippen MR) is 75.9 cm³/mol. The van der Waals surface area contributed by atoms with Gasteiger partial charge >= 0.3 is 0 Å². The van der Waals surface area contributed by atoms with E-state index in [9.17, 15) is 0 Å². The van der Waals surface area contributed by atoms with Crippen LogP contribution in [0.25, 0.3) is 0 Å². The molecule has 3 N–H and O–H groups in total. The van der Waals surface area contributed by atoms with E-state index in [1.54, 1.807) is 6.20 Å². The number of nitrogens with two attached hydrogens (primary N) is 1. The molecule has 3 heteroatoms. The minimum atomic E-state index is 0.486. The number of anilines is 2. The monoisotopic (exact) mass is 241 g/mol. The van der Waals surface area contributed by atoms with Crippen molar-refractivity contribution in [2.45, 2.75) is 26.3 Å². The molecule has 0 spiro atoms. The number of benzene rings is 1. The fourth-order valence-corrected chi connectivity index (χ4v) is 1.80. The van der Waals surface area contributed by atoms with Crippen molar-refractivity contribution in [3.63, 3.8) is 0 Å². The van der Waals surface area contributed by atoms with Crippen molar-refractivity contribution in [3.8, 4) is 0 Å².